The number of rotatable bonds is 6. The molecule has 20 heavy (non-hydrogen) atoms. The van der Waals surface area contributed by atoms with Gasteiger partial charge in [0.2, 0.25) is 5.91 Å². The Morgan fingerprint density at radius 2 is 2.05 bits per heavy atom. The normalized spacial score (nSPS) is 12.1. The maximum absolute atomic E-state index is 11.9. The predicted molar refractivity (Wildman–Crippen MR) is 85.8 cm³/mol. The van der Waals surface area contributed by atoms with Gasteiger partial charge in [-0.3, -0.25) is 4.79 Å². The standard InChI is InChI=1S/C14H22N4OS/c1-8(2)7-16-14(19)10(4)18-12-6-11(13(15)20)5-9(3)17-12/h5-6,8,10H,7H2,1-4H3,(H2,15,20)(H,16,19)(H,17,18). The summed E-state index contributed by atoms with van der Waals surface area (Å²) in [7, 11) is 0. The molecule has 4 N–H and O–H groups in total. The number of hydrogen-bond donors (Lipinski definition) is 3. The van der Waals surface area contributed by atoms with Gasteiger partial charge in [0, 0.05) is 17.8 Å². The van der Waals surface area contributed by atoms with Gasteiger partial charge in [-0.25, -0.2) is 4.98 Å². The molecule has 0 saturated carbocycles. The Morgan fingerprint density at radius 1 is 1.40 bits per heavy atom. The first kappa shape index (κ1) is 16.4. The van der Waals surface area contributed by atoms with Gasteiger partial charge in [0.1, 0.15) is 16.8 Å². The zero-order valence-corrected chi connectivity index (χ0v) is 13.2. The molecule has 1 aromatic heterocycles. The zero-order valence-electron chi connectivity index (χ0n) is 12.4. The number of thiocarbonyl (C=S) groups is 1. The Labute approximate surface area is 125 Å². The van der Waals surface area contributed by atoms with Crippen LogP contribution in [0.15, 0.2) is 12.1 Å². The highest BCUT2D eigenvalue weighted by molar-refractivity contribution is 7.80. The maximum Gasteiger partial charge on any atom is 0.242 e. The molecule has 0 bridgehead atoms. The van der Waals surface area contributed by atoms with Gasteiger partial charge in [0.25, 0.3) is 0 Å². The molecule has 0 fully saturated rings. The molecule has 1 aromatic rings. The molecule has 1 rings (SSSR count). The summed E-state index contributed by atoms with van der Waals surface area (Å²) in [5.74, 6) is 0.961. The van der Waals surface area contributed by atoms with Gasteiger partial charge in [-0.2, -0.15) is 0 Å². The topological polar surface area (TPSA) is 80.0 Å². The van der Waals surface area contributed by atoms with E-state index >= 15 is 0 Å². The Bertz CT molecular complexity index is 502. The molecule has 1 amide bonds. The number of pyridine rings is 1. The Hall–Kier alpha value is -1.69. The van der Waals surface area contributed by atoms with Crippen molar-refractivity contribution in [3.8, 4) is 0 Å². The van der Waals surface area contributed by atoms with Gasteiger partial charge in [0.05, 0.1) is 0 Å². The fourth-order valence-corrected chi connectivity index (χ4v) is 1.75. The highest BCUT2D eigenvalue weighted by Gasteiger charge is 2.14. The highest BCUT2D eigenvalue weighted by Crippen LogP contribution is 2.11. The van der Waals surface area contributed by atoms with Crippen molar-refractivity contribution < 1.29 is 4.79 Å². The van der Waals surface area contributed by atoms with Crippen LogP contribution in [0.2, 0.25) is 0 Å². The van der Waals surface area contributed by atoms with Crippen LogP contribution in [0.4, 0.5) is 5.82 Å². The second-order valence-electron chi connectivity index (χ2n) is 5.25. The van der Waals surface area contributed by atoms with Crippen molar-refractivity contribution in [2.45, 2.75) is 33.7 Å². The first-order chi connectivity index (χ1) is 9.29. The van der Waals surface area contributed by atoms with Crippen LogP contribution in [0.1, 0.15) is 32.0 Å². The Balaban J connectivity index is 2.72. The molecule has 1 atom stereocenters. The molecule has 0 saturated heterocycles. The number of aromatic nitrogens is 1. The largest absolute Gasteiger partial charge is 0.389 e. The second-order valence-corrected chi connectivity index (χ2v) is 5.69. The quantitative estimate of drug-likeness (QED) is 0.694. The molecule has 6 heteroatoms. The van der Waals surface area contributed by atoms with E-state index in [0.29, 0.717) is 23.3 Å². The number of amides is 1. The third kappa shape index (κ3) is 5.13. The summed E-state index contributed by atoms with van der Waals surface area (Å²) in [5, 5.41) is 5.94. The number of hydrogen-bond acceptors (Lipinski definition) is 4. The summed E-state index contributed by atoms with van der Waals surface area (Å²) in [6.45, 7) is 8.41. The van der Waals surface area contributed by atoms with Crippen LogP contribution in [0.5, 0.6) is 0 Å². The van der Waals surface area contributed by atoms with Crippen LogP contribution in [-0.2, 0) is 4.79 Å². The molecule has 5 nitrogen and oxygen atoms in total. The molecule has 0 aromatic carbocycles. The number of anilines is 1. The number of nitrogens with zero attached hydrogens (tertiary/aromatic N) is 1. The van der Waals surface area contributed by atoms with Crippen LogP contribution in [0.25, 0.3) is 0 Å². The van der Waals surface area contributed by atoms with Gasteiger partial charge in [0.15, 0.2) is 0 Å². The van der Waals surface area contributed by atoms with E-state index in [1.165, 1.54) is 0 Å². The van der Waals surface area contributed by atoms with Crippen LogP contribution in [0, 0.1) is 12.8 Å². The lowest BCUT2D eigenvalue weighted by Crippen LogP contribution is -2.39. The van der Waals surface area contributed by atoms with Crippen molar-refractivity contribution in [3.63, 3.8) is 0 Å². The van der Waals surface area contributed by atoms with E-state index in [1.54, 1.807) is 13.0 Å². The van der Waals surface area contributed by atoms with Crippen LogP contribution < -0.4 is 16.4 Å². The minimum absolute atomic E-state index is 0.0566. The lowest BCUT2D eigenvalue weighted by Gasteiger charge is -2.16. The molecule has 1 unspecified atom stereocenters. The number of nitrogens with two attached hydrogens (primary N) is 1. The van der Waals surface area contributed by atoms with E-state index in [2.05, 4.69) is 29.5 Å². The number of nitrogens with one attached hydrogen (secondary N) is 2. The summed E-state index contributed by atoms with van der Waals surface area (Å²) < 4.78 is 0. The fourth-order valence-electron chi connectivity index (χ4n) is 1.63. The van der Waals surface area contributed by atoms with Gasteiger partial charge < -0.3 is 16.4 Å². The molecule has 110 valence electrons. The van der Waals surface area contributed by atoms with Crippen molar-refractivity contribution in [3.05, 3.63) is 23.4 Å². The summed E-state index contributed by atoms with van der Waals surface area (Å²) in [4.78, 5) is 16.5. The molecule has 1 heterocycles. The summed E-state index contributed by atoms with van der Waals surface area (Å²) in [6, 6.07) is 3.20. The van der Waals surface area contributed by atoms with E-state index in [4.69, 9.17) is 18.0 Å². The average Bonchev–Trinajstić information content (AvgIpc) is 2.34. The van der Waals surface area contributed by atoms with Crippen molar-refractivity contribution in [1.29, 1.82) is 0 Å². The molecular formula is C14H22N4OS. The smallest absolute Gasteiger partial charge is 0.242 e. The summed E-state index contributed by atoms with van der Waals surface area (Å²) in [6.07, 6.45) is 0. The molecule has 0 aliphatic heterocycles. The zero-order chi connectivity index (χ0) is 15.3. The fraction of sp³-hybridized carbons (Fsp3) is 0.500. The second kappa shape index (κ2) is 7.19. The van der Waals surface area contributed by atoms with Gasteiger partial charge in [-0.15, -0.1) is 0 Å². The van der Waals surface area contributed by atoms with E-state index in [9.17, 15) is 4.79 Å². The van der Waals surface area contributed by atoms with E-state index in [1.807, 2.05) is 13.0 Å². The lowest BCUT2D eigenvalue weighted by atomic mass is 10.2. The SMILES string of the molecule is Cc1cc(C(N)=S)cc(NC(C)C(=O)NCC(C)C)n1. The third-order valence-electron chi connectivity index (χ3n) is 2.68. The molecular weight excluding hydrogens is 272 g/mol. The van der Waals surface area contributed by atoms with Crippen LogP contribution in [-0.4, -0.2) is 28.5 Å². The van der Waals surface area contributed by atoms with Crippen molar-refractivity contribution in [2.24, 2.45) is 11.7 Å². The van der Waals surface area contributed by atoms with Crippen molar-refractivity contribution in [1.82, 2.24) is 10.3 Å². The minimum atomic E-state index is -0.373. The Kier molecular flexibility index (Phi) is 5.88. The van der Waals surface area contributed by atoms with E-state index in [0.717, 1.165) is 11.3 Å². The molecule has 0 spiro atoms. The van der Waals surface area contributed by atoms with Gasteiger partial charge in [-0.1, -0.05) is 26.1 Å². The minimum Gasteiger partial charge on any atom is -0.389 e. The monoisotopic (exact) mass is 294 g/mol. The summed E-state index contributed by atoms with van der Waals surface area (Å²) in [5.41, 5.74) is 7.16. The van der Waals surface area contributed by atoms with E-state index in [-0.39, 0.29) is 11.9 Å². The van der Waals surface area contributed by atoms with Crippen LogP contribution >= 0.6 is 12.2 Å². The number of aryl methyl sites for hydroxylation is 1. The first-order valence-electron chi connectivity index (χ1n) is 6.62. The number of carbonyl (C=O) groups is 1. The first-order valence-corrected chi connectivity index (χ1v) is 7.03. The molecule has 0 aliphatic carbocycles. The lowest BCUT2D eigenvalue weighted by molar-refractivity contribution is -0.121. The maximum atomic E-state index is 11.9. The average molecular weight is 294 g/mol. The van der Waals surface area contributed by atoms with Crippen LogP contribution in [0.3, 0.4) is 0 Å². The Morgan fingerprint density at radius 3 is 2.60 bits per heavy atom. The third-order valence-corrected chi connectivity index (χ3v) is 2.92. The van der Waals surface area contributed by atoms with Crippen molar-refractivity contribution in [2.75, 3.05) is 11.9 Å². The van der Waals surface area contributed by atoms with E-state index < -0.39 is 0 Å². The molecule has 0 radical (unpaired) electrons. The summed E-state index contributed by atoms with van der Waals surface area (Å²) >= 11 is 4.96. The van der Waals surface area contributed by atoms with Gasteiger partial charge >= 0.3 is 0 Å². The van der Waals surface area contributed by atoms with Gasteiger partial charge in [-0.05, 0) is 31.9 Å². The number of carbonyl (C=O) groups excluding carboxylic acids is 1. The molecule has 0 aliphatic rings. The van der Waals surface area contributed by atoms with Crippen molar-refractivity contribution >= 4 is 28.9 Å². The predicted octanol–water partition coefficient (Wildman–Crippen LogP) is 1.60. The highest BCUT2D eigenvalue weighted by atomic mass is 32.1.